The number of hydrogen-bond acceptors (Lipinski definition) is 7. The van der Waals surface area contributed by atoms with Gasteiger partial charge < -0.3 is 23.7 Å². The van der Waals surface area contributed by atoms with E-state index in [-0.39, 0.29) is 29.7 Å². The lowest BCUT2D eigenvalue weighted by Crippen LogP contribution is -2.45. The van der Waals surface area contributed by atoms with Gasteiger partial charge in [0.05, 0.1) is 24.7 Å². The molecule has 1 aromatic carbocycles. The number of pyridine rings is 2. The molecular weight excluding hydrogens is 539 g/mol. The molecule has 2 aliphatic rings. The Morgan fingerprint density at radius 2 is 1.71 bits per heavy atom. The lowest BCUT2D eigenvalue weighted by atomic mass is 9.98. The molecule has 2 saturated heterocycles. The summed E-state index contributed by atoms with van der Waals surface area (Å²) in [6, 6.07) is 5.15. The minimum absolute atomic E-state index is 0.134. The minimum atomic E-state index is -0.497. The third-order valence-corrected chi connectivity index (χ3v) is 8.07. The zero-order valence-corrected chi connectivity index (χ0v) is 25.2. The minimum Gasteiger partial charge on any atom is -0.496 e. The maximum atomic E-state index is 15.6. The molecule has 9 nitrogen and oxygen atoms in total. The van der Waals surface area contributed by atoms with Crippen molar-refractivity contribution in [2.45, 2.75) is 70.8 Å². The first-order valence-corrected chi connectivity index (χ1v) is 14.7. The Kier molecular flexibility index (Phi) is 8.84. The van der Waals surface area contributed by atoms with Crippen LogP contribution in [0.1, 0.15) is 52.0 Å². The van der Waals surface area contributed by atoms with E-state index in [4.69, 9.17) is 14.2 Å². The zero-order valence-electron chi connectivity index (χ0n) is 25.2. The summed E-state index contributed by atoms with van der Waals surface area (Å²) < 4.78 is 34.7. The first kappa shape index (κ1) is 30.0. The fourth-order valence-corrected chi connectivity index (χ4v) is 5.84. The van der Waals surface area contributed by atoms with E-state index in [2.05, 4.69) is 9.88 Å². The second kappa shape index (κ2) is 12.4. The van der Waals surface area contributed by atoms with Crippen LogP contribution in [-0.2, 0) is 23.1 Å². The number of piperidine rings is 2. The van der Waals surface area contributed by atoms with Gasteiger partial charge in [-0.25, -0.2) is 9.18 Å². The first-order chi connectivity index (χ1) is 20.0. The Balaban J connectivity index is 1.19. The predicted molar refractivity (Wildman–Crippen MR) is 159 cm³/mol. The first-order valence-electron chi connectivity index (χ1n) is 14.7. The van der Waals surface area contributed by atoms with Crippen molar-refractivity contribution in [2.75, 3.05) is 33.3 Å². The Morgan fingerprint density at radius 1 is 1.05 bits per heavy atom. The van der Waals surface area contributed by atoms with Crippen molar-refractivity contribution in [2.24, 2.45) is 7.05 Å². The molecule has 10 heteroatoms. The SMILES string of the molecule is COc1cc(-c2cn(C)c(=O)c3cnccc23)cc(F)c1CN1CCC(OC2CCN(C(=O)OC(C)(C)C)CC2)CC1. The smallest absolute Gasteiger partial charge is 0.410 e. The number of carbonyl (C=O) groups is 1. The van der Waals surface area contributed by atoms with E-state index in [1.54, 1.807) is 43.7 Å². The Labute approximate surface area is 246 Å². The molecule has 2 aliphatic heterocycles. The highest BCUT2D eigenvalue weighted by atomic mass is 19.1. The monoisotopic (exact) mass is 580 g/mol. The summed E-state index contributed by atoms with van der Waals surface area (Å²) in [5, 5.41) is 1.21. The highest BCUT2D eigenvalue weighted by Crippen LogP contribution is 2.34. The van der Waals surface area contributed by atoms with Crippen LogP contribution in [-0.4, -0.2) is 76.5 Å². The summed E-state index contributed by atoms with van der Waals surface area (Å²) in [4.78, 5) is 33.0. The second-order valence-electron chi connectivity index (χ2n) is 12.3. The molecule has 5 rings (SSSR count). The number of benzene rings is 1. The molecule has 0 saturated carbocycles. The molecule has 226 valence electrons. The lowest BCUT2D eigenvalue weighted by molar-refractivity contribution is -0.0670. The van der Waals surface area contributed by atoms with Gasteiger partial charge in [-0.3, -0.25) is 14.7 Å². The van der Waals surface area contributed by atoms with Crippen molar-refractivity contribution in [3.8, 4) is 16.9 Å². The van der Waals surface area contributed by atoms with Gasteiger partial charge in [0, 0.05) is 69.5 Å². The second-order valence-corrected chi connectivity index (χ2v) is 12.3. The lowest BCUT2D eigenvalue weighted by Gasteiger charge is -2.37. The largest absolute Gasteiger partial charge is 0.496 e. The molecule has 0 radical (unpaired) electrons. The summed E-state index contributed by atoms with van der Waals surface area (Å²) in [7, 11) is 3.24. The van der Waals surface area contributed by atoms with Crippen molar-refractivity contribution in [3.63, 3.8) is 0 Å². The number of likely N-dealkylation sites (tertiary alicyclic amines) is 2. The van der Waals surface area contributed by atoms with E-state index in [9.17, 15) is 9.59 Å². The Bertz CT molecular complexity index is 1480. The van der Waals surface area contributed by atoms with Gasteiger partial charge in [0.1, 0.15) is 17.2 Å². The van der Waals surface area contributed by atoms with E-state index < -0.39 is 5.60 Å². The number of fused-ring (bicyclic) bond motifs is 1. The fourth-order valence-electron chi connectivity index (χ4n) is 5.84. The summed E-state index contributed by atoms with van der Waals surface area (Å²) in [6.07, 6.45) is 8.27. The summed E-state index contributed by atoms with van der Waals surface area (Å²) in [6.45, 7) is 8.94. The molecule has 0 atom stereocenters. The molecule has 42 heavy (non-hydrogen) atoms. The van der Waals surface area contributed by atoms with E-state index in [0.29, 0.717) is 41.9 Å². The van der Waals surface area contributed by atoms with Crippen molar-refractivity contribution in [1.82, 2.24) is 19.4 Å². The van der Waals surface area contributed by atoms with Crippen LogP contribution in [0.4, 0.5) is 9.18 Å². The number of ether oxygens (including phenoxy) is 3. The van der Waals surface area contributed by atoms with E-state index in [1.165, 1.54) is 10.6 Å². The number of rotatable bonds is 6. The highest BCUT2D eigenvalue weighted by Gasteiger charge is 2.30. The van der Waals surface area contributed by atoms with Gasteiger partial charge in [-0.1, -0.05) is 0 Å². The molecule has 4 heterocycles. The summed E-state index contributed by atoms with van der Waals surface area (Å²) >= 11 is 0. The van der Waals surface area contributed by atoms with Crippen LogP contribution in [0.25, 0.3) is 21.9 Å². The average molecular weight is 581 g/mol. The molecule has 0 bridgehead atoms. The molecule has 2 fully saturated rings. The molecule has 0 N–H and O–H groups in total. The van der Waals surface area contributed by atoms with Crippen LogP contribution in [0.2, 0.25) is 0 Å². The van der Waals surface area contributed by atoms with Crippen LogP contribution in [0.5, 0.6) is 5.75 Å². The maximum absolute atomic E-state index is 15.6. The third kappa shape index (κ3) is 6.76. The predicted octanol–water partition coefficient (Wildman–Crippen LogP) is 5.13. The standard InChI is InChI=1S/C32H41FN4O5/c1-32(2,3)42-31(39)37-14-9-23(10-15-37)41-22-7-12-36(13-8-22)20-27-28(33)16-21(17-29(27)40-5)26-19-35(4)30(38)25-18-34-11-6-24(25)26/h6,11,16-19,22-23H,7-10,12-15,20H2,1-5H3. The highest BCUT2D eigenvalue weighted by molar-refractivity contribution is 5.95. The topological polar surface area (TPSA) is 86.1 Å². The summed E-state index contributed by atoms with van der Waals surface area (Å²) in [5.41, 5.74) is 1.26. The maximum Gasteiger partial charge on any atom is 0.410 e. The van der Waals surface area contributed by atoms with Crippen LogP contribution in [0.3, 0.4) is 0 Å². The van der Waals surface area contributed by atoms with Crippen molar-refractivity contribution in [1.29, 1.82) is 0 Å². The summed E-state index contributed by atoms with van der Waals surface area (Å²) in [5.74, 6) is 0.145. The quantitative estimate of drug-likeness (QED) is 0.400. The van der Waals surface area contributed by atoms with E-state index in [0.717, 1.165) is 49.7 Å². The molecule has 0 spiro atoms. The van der Waals surface area contributed by atoms with E-state index >= 15 is 4.39 Å². The number of nitrogens with zero attached hydrogens (tertiary/aromatic N) is 4. The van der Waals surface area contributed by atoms with Gasteiger partial charge >= 0.3 is 6.09 Å². The van der Waals surface area contributed by atoms with Gasteiger partial charge in [-0.05, 0) is 75.6 Å². The van der Waals surface area contributed by atoms with Crippen LogP contribution < -0.4 is 10.3 Å². The normalized spacial score (nSPS) is 17.5. The molecular formula is C32H41FN4O5. The van der Waals surface area contributed by atoms with Crippen molar-refractivity contribution in [3.05, 3.63) is 58.5 Å². The van der Waals surface area contributed by atoms with Gasteiger partial charge in [-0.2, -0.15) is 0 Å². The fraction of sp³-hybridized carbons (Fsp3) is 0.531. The average Bonchev–Trinajstić information content (AvgIpc) is 2.96. The molecule has 1 amide bonds. The number of methoxy groups -OCH3 is 1. The number of hydrogen-bond donors (Lipinski definition) is 0. The van der Waals surface area contributed by atoms with Crippen LogP contribution in [0, 0.1) is 5.82 Å². The molecule has 2 aromatic heterocycles. The van der Waals surface area contributed by atoms with Crippen LogP contribution in [0.15, 0.2) is 41.6 Å². The zero-order chi connectivity index (χ0) is 30.0. The van der Waals surface area contributed by atoms with Crippen LogP contribution >= 0.6 is 0 Å². The Morgan fingerprint density at radius 3 is 2.36 bits per heavy atom. The van der Waals surface area contributed by atoms with Crippen molar-refractivity contribution < 1.29 is 23.4 Å². The Hall–Kier alpha value is -3.50. The molecule has 3 aromatic rings. The van der Waals surface area contributed by atoms with E-state index in [1.807, 2.05) is 26.8 Å². The van der Waals surface area contributed by atoms with Gasteiger partial charge in [0.2, 0.25) is 0 Å². The molecule has 0 unspecified atom stereocenters. The van der Waals surface area contributed by atoms with Gasteiger partial charge in [0.15, 0.2) is 0 Å². The molecule has 0 aliphatic carbocycles. The number of aryl methyl sites for hydroxylation is 1. The number of aromatic nitrogens is 2. The number of amides is 1. The van der Waals surface area contributed by atoms with Gasteiger partial charge in [0.25, 0.3) is 5.56 Å². The van der Waals surface area contributed by atoms with Crippen molar-refractivity contribution >= 4 is 16.9 Å². The van der Waals surface area contributed by atoms with Gasteiger partial charge in [-0.15, -0.1) is 0 Å². The number of carbonyl (C=O) groups excluding carboxylic acids is 1. The number of halogens is 1. The third-order valence-electron chi connectivity index (χ3n) is 8.07.